The van der Waals surface area contributed by atoms with Gasteiger partial charge in [-0.15, -0.1) is 0 Å². The van der Waals surface area contributed by atoms with Crippen molar-refractivity contribution in [1.29, 1.82) is 0 Å². The van der Waals surface area contributed by atoms with E-state index in [1.165, 1.54) is 0 Å². The van der Waals surface area contributed by atoms with Gasteiger partial charge in [0.1, 0.15) is 0 Å². The van der Waals surface area contributed by atoms with Crippen molar-refractivity contribution in [2.24, 2.45) is 5.73 Å². The zero-order valence-corrected chi connectivity index (χ0v) is 7.97. The molecule has 0 saturated heterocycles. The van der Waals surface area contributed by atoms with Crippen molar-refractivity contribution in [3.8, 4) is 0 Å². The highest BCUT2D eigenvalue weighted by Crippen LogP contribution is 2.00. The molecule has 1 heterocycles. The monoisotopic (exact) mass is 180 g/mol. The quantitative estimate of drug-likeness (QED) is 0.730. The molecular formula is C10H16N2O. The number of hydrogen-bond acceptors (Lipinski definition) is 2. The summed E-state index contributed by atoms with van der Waals surface area (Å²) in [6, 6.07) is 3.75. The first-order valence-electron chi connectivity index (χ1n) is 4.69. The summed E-state index contributed by atoms with van der Waals surface area (Å²) in [5, 5.41) is 0. The molecule has 0 spiro atoms. The SMILES string of the molecule is CCCCc1ccc(CN)c(=O)[nH]1. The first kappa shape index (κ1) is 9.99. The van der Waals surface area contributed by atoms with E-state index in [9.17, 15) is 4.79 Å². The molecule has 3 heteroatoms. The Morgan fingerprint density at radius 1 is 1.46 bits per heavy atom. The second-order valence-corrected chi connectivity index (χ2v) is 3.15. The van der Waals surface area contributed by atoms with Crippen molar-refractivity contribution >= 4 is 0 Å². The topological polar surface area (TPSA) is 58.9 Å². The van der Waals surface area contributed by atoms with Gasteiger partial charge in [0.05, 0.1) is 0 Å². The van der Waals surface area contributed by atoms with Crippen LogP contribution in [0.25, 0.3) is 0 Å². The van der Waals surface area contributed by atoms with Crippen molar-refractivity contribution in [3.63, 3.8) is 0 Å². The standard InChI is InChI=1S/C10H16N2O/c1-2-3-4-9-6-5-8(7-11)10(13)12-9/h5-6H,2-4,7,11H2,1H3,(H,12,13). The highest BCUT2D eigenvalue weighted by atomic mass is 16.1. The second-order valence-electron chi connectivity index (χ2n) is 3.15. The van der Waals surface area contributed by atoms with Gasteiger partial charge in [-0.2, -0.15) is 0 Å². The summed E-state index contributed by atoms with van der Waals surface area (Å²) in [7, 11) is 0. The fraction of sp³-hybridized carbons (Fsp3) is 0.500. The average Bonchev–Trinajstić information content (AvgIpc) is 2.15. The summed E-state index contributed by atoms with van der Waals surface area (Å²) in [6.07, 6.45) is 3.19. The van der Waals surface area contributed by atoms with Crippen LogP contribution in [0.3, 0.4) is 0 Å². The zero-order valence-electron chi connectivity index (χ0n) is 7.97. The summed E-state index contributed by atoms with van der Waals surface area (Å²) in [5.41, 5.74) is 6.99. The molecule has 0 aliphatic carbocycles. The van der Waals surface area contributed by atoms with Gasteiger partial charge in [0.25, 0.3) is 5.56 Å². The predicted octanol–water partition coefficient (Wildman–Crippen LogP) is 1.18. The van der Waals surface area contributed by atoms with E-state index < -0.39 is 0 Å². The summed E-state index contributed by atoms with van der Waals surface area (Å²) >= 11 is 0. The number of unbranched alkanes of at least 4 members (excludes halogenated alkanes) is 1. The number of aryl methyl sites for hydroxylation is 1. The number of aromatic nitrogens is 1. The molecule has 72 valence electrons. The molecule has 1 aromatic rings. The van der Waals surface area contributed by atoms with Gasteiger partial charge in [-0.25, -0.2) is 0 Å². The van der Waals surface area contributed by atoms with Crippen LogP contribution in [0.4, 0.5) is 0 Å². The Kier molecular flexibility index (Phi) is 3.71. The van der Waals surface area contributed by atoms with E-state index in [1.807, 2.05) is 12.1 Å². The smallest absolute Gasteiger partial charge is 0.252 e. The predicted molar refractivity (Wildman–Crippen MR) is 53.6 cm³/mol. The highest BCUT2D eigenvalue weighted by Gasteiger charge is 1.98. The molecule has 1 aromatic heterocycles. The third-order valence-electron chi connectivity index (χ3n) is 2.07. The van der Waals surface area contributed by atoms with Crippen LogP contribution in [0.15, 0.2) is 16.9 Å². The van der Waals surface area contributed by atoms with Crippen molar-refractivity contribution in [1.82, 2.24) is 4.98 Å². The van der Waals surface area contributed by atoms with Gasteiger partial charge in [-0.05, 0) is 18.9 Å². The second kappa shape index (κ2) is 4.82. The normalized spacial score (nSPS) is 10.3. The van der Waals surface area contributed by atoms with Gasteiger partial charge in [0.2, 0.25) is 0 Å². The zero-order chi connectivity index (χ0) is 9.68. The van der Waals surface area contributed by atoms with Gasteiger partial charge in [-0.1, -0.05) is 19.4 Å². The van der Waals surface area contributed by atoms with E-state index in [4.69, 9.17) is 5.73 Å². The van der Waals surface area contributed by atoms with Crippen molar-refractivity contribution in [2.75, 3.05) is 0 Å². The van der Waals surface area contributed by atoms with Crippen molar-refractivity contribution in [3.05, 3.63) is 33.7 Å². The number of nitrogens with two attached hydrogens (primary N) is 1. The molecule has 0 unspecified atom stereocenters. The lowest BCUT2D eigenvalue weighted by atomic mass is 10.1. The van der Waals surface area contributed by atoms with Crippen LogP contribution in [0.2, 0.25) is 0 Å². The van der Waals surface area contributed by atoms with Crippen LogP contribution in [0.5, 0.6) is 0 Å². The third-order valence-corrected chi connectivity index (χ3v) is 2.07. The van der Waals surface area contributed by atoms with Crippen LogP contribution in [-0.4, -0.2) is 4.98 Å². The highest BCUT2D eigenvalue weighted by molar-refractivity contribution is 5.14. The van der Waals surface area contributed by atoms with Crippen LogP contribution in [-0.2, 0) is 13.0 Å². The van der Waals surface area contributed by atoms with E-state index >= 15 is 0 Å². The lowest BCUT2D eigenvalue weighted by Gasteiger charge is -2.00. The number of aromatic amines is 1. The van der Waals surface area contributed by atoms with Gasteiger partial charge in [-0.3, -0.25) is 4.79 Å². The number of nitrogens with one attached hydrogen (secondary N) is 1. The Bertz CT molecular complexity index is 317. The fourth-order valence-electron chi connectivity index (χ4n) is 1.22. The molecule has 0 atom stereocenters. The maximum Gasteiger partial charge on any atom is 0.252 e. The van der Waals surface area contributed by atoms with Crippen LogP contribution in [0, 0.1) is 0 Å². The maximum absolute atomic E-state index is 11.3. The summed E-state index contributed by atoms with van der Waals surface area (Å²) in [6.45, 7) is 2.44. The summed E-state index contributed by atoms with van der Waals surface area (Å²) < 4.78 is 0. The van der Waals surface area contributed by atoms with Crippen molar-refractivity contribution in [2.45, 2.75) is 32.7 Å². The van der Waals surface area contributed by atoms with Gasteiger partial charge in [0, 0.05) is 17.8 Å². The van der Waals surface area contributed by atoms with Crippen LogP contribution >= 0.6 is 0 Å². The summed E-state index contributed by atoms with van der Waals surface area (Å²) in [4.78, 5) is 14.1. The Balaban J connectivity index is 2.77. The van der Waals surface area contributed by atoms with Crippen LogP contribution in [0.1, 0.15) is 31.0 Å². The van der Waals surface area contributed by atoms with E-state index in [0.29, 0.717) is 12.1 Å². The third kappa shape index (κ3) is 2.70. The molecule has 0 aromatic carbocycles. The van der Waals surface area contributed by atoms with E-state index in [-0.39, 0.29) is 5.56 Å². The number of H-pyrrole nitrogens is 1. The Morgan fingerprint density at radius 2 is 2.23 bits per heavy atom. The molecule has 1 rings (SSSR count). The first-order valence-corrected chi connectivity index (χ1v) is 4.69. The number of rotatable bonds is 4. The Morgan fingerprint density at radius 3 is 2.77 bits per heavy atom. The average molecular weight is 180 g/mol. The molecule has 13 heavy (non-hydrogen) atoms. The van der Waals surface area contributed by atoms with Crippen LogP contribution < -0.4 is 11.3 Å². The number of pyridine rings is 1. The minimum absolute atomic E-state index is 0.0453. The Labute approximate surface area is 78.0 Å². The lowest BCUT2D eigenvalue weighted by molar-refractivity contribution is 0.771. The van der Waals surface area contributed by atoms with E-state index in [0.717, 1.165) is 25.0 Å². The molecule has 0 aliphatic heterocycles. The maximum atomic E-state index is 11.3. The Hall–Kier alpha value is -1.09. The molecule has 3 nitrogen and oxygen atoms in total. The van der Waals surface area contributed by atoms with Gasteiger partial charge < -0.3 is 10.7 Å². The van der Waals surface area contributed by atoms with E-state index in [2.05, 4.69) is 11.9 Å². The van der Waals surface area contributed by atoms with Crippen molar-refractivity contribution < 1.29 is 0 Å². The minimum atomic E-state index is -0.0453. The molecule has 3 N–H and O–H groups in total. The molecule has 0 saturated carbocycles. The lowest BCUT2D eigenvalue weighted by Crippen LogP contribution is -2.17. The van der Waals surface area contributed by atoms with Gasteiger partial charge >= 0.3 is 0 Å². The molecule has 0 amide bonds. The first-order chi connectivity index (χ1) is 6.27. The molecule has 0 bridgehead atoms. The largest absolute Gasteiger partial charge is 0.326 e. The van der Waals surface area contributed by atoms with E-state index in [1.54, 1.807) is 0 Å². The summed E-state index contributed by atoms with van der Waals surface area (Å²) in [5.74, 6) is 0. The van der Waals surface area contributed by atoms with Gasteiger partial charge in [0.15, 0.2) is 0 Å². The number of hydrogen-bond donors (Lipinski definition) is 2. The molecule has 0 fully saturated rings. The molecular weight excluding hydrogens is 164 g/mol. The molecule has 0 radical (unpaired) electrons. The molecule has 0 aliphatic rings. The minimum Gasteiger partial charge on any atom is -0.326 e. The fourth-order valence-corrected chi connectivity index (χ4v) is 1.22.